The van der Waals surface area contributed by atoms with Crippen molar-refractivity contribution >= 4 is 35.6 Å². The molecule has 0 fully saturated rings. The first kappa shape index (κ1) is 28.7. The van der Waals surface area contributed by atoms with Gasteiger partial charge in [-0.1, -0.05) is 0 Å². The van der Waals surface area contributed by atoms with Crippen LogP contribution in [0.15, 0.2) is 0 Å². The zero-order chi connectivity index (χ0) is 25.2. The maximum atomic E-state index is 12.5. The Hall–Kier alpha value is -3.30. The number of rotatable bonds is 14. The molecule has 0 aliphatic heterocycles. The number of hydrogen-bond donors (Lipinski definition) is 9. The van der Waals surface area contributed by atoms with Crippen LogP contribution in [0.25, 0.3) is 0 Å². The largest absolute Gasteiger partial charge is 0.481 e. The van der Waals surface area contributed by atoms with Crippen molar-refractivity contribution in [3.63, 3.8) is 0 Å². The molecule has 0 spiro atoms. The van der Waals surface area contributed by atoms with Crippen LogP contribution in [0.5, 0.6) is 0 Å². The van der Waals surface area contributed by atoms with Crippen molar-refractivity contribution in [2.75, 3.05) is 0 Å². The predicted molar refractivity (Wildman–Crippen MR) is 104 cm³/mol. The highest BCUT2D eigenvalue weighted by Gasteiger charge is 2.33. The molecule has 0 aliphatic rings. The van der Waals surface area contributed by atoms with Crippen LogP contribution in [0, 0.1) is 0 Å². The molecular formula is C17H28N4O11. The average Bonchev–Trinajstić information content (AvgIpc) is 2.65. The van der Waals surface area contributed by atoms with Crippen molar-refractivity contribution in [1.29, 1.82) is 0 Å². The van der Waals surface area contributed by atoms with E-state index < -0.39 is 91.3 Å². The minimum atomic E-state index is -1.76. The summed E-state index contributed by atoms with van der Waals surface area (Å²) in [6.45, 7) is 2.19. The molecule has 182 valence electrons. The average molecular weight is 464 g/mol. The normalized spacial score (nSPS) is 16.4. The number of carbonyl (C=O) groups is 6. The Labute approximate surface area is 182 Å². The van der Waals surface area contributed by atoms with E-state index in [0.717, 1.165) is 13.8 Å². The highest BCUT2D eigenvalue weighted by Crippen LogP contribution is 2.04. The lowest BCUT2D eigenvalue weighted by molar-refractivity contribution is -0.145. The number of carboxylic acid groups (broad SMARTS) is 3. The summed E-state index contributed by atoms with van der Waals surface area (Å²) in [7, 11) is 0. The second-order valence-corrected chi connectivity index (χ2v) is 6.99. The van der Waals surface area contributed by atoms with Gasteiger partial charge in [0.2, 0.25) is 17.7 Å². The second kappa shape index (κ2) is 13.2. The molecule has 32 heavy (non-hydrogen) atoms. The fourth-order valence-electron chi connectivity index (χ4n) is 2.39. The molecule has 6 atom stereocenters. The second-order valence-electron chi connectivity index (χ2n) is 6.99. The number of aliphatic hydroxyl groups is 2. The molecule has 0 aliphatic carbocycles. The summed E-state index contributed by atoms with van der Waals surface area (Å²) in [5.74, 6) is -7.67. The molecule has 0 bridgehead atoms. The number of carboxylic acids is 3. The molecule has 6 unspecified atom stereocenters. The van der Waals surface area contributed by atoms with Crippen LogP contribution >= 0.6 is 0 Å². The topological polar surface area (TPSA) is 266 Å². The Morgan fingerprint density at radius 3 is 1.66 bits per heavy atom. The third-order valence-electron chi connectivity index (χ3n) is 4.12. The molecule has 0 rings (SSSR count). The lowest BCUT2D eigenvalue weighted by atomic mass is 10.1. The van der Waals surface area contributed by atoms with Crippen LogP contribution in [0.3, 0.4) is 0 Å². The lowest BCUT2D eigenvalue weighted by Crippen LogP contribution is -2.60. The van der Waals surface area contributed by atoms with E-state index in [2.05, 4.69) is 5.32 Å². The van der Waals surface area contributed by atoms with E-state index in [9.17, 15) is 39.0 Å². The first-order valence-electron chi connectivity index (χ1n) is 9.36. The maximum absolute atomic E-state index is 12.5. The third-order valence-corrected chi connectivity index (χ3v) is 4.12. The van der Waals surface area contributed by atoms with E-state index in [-0.39, 0.29) is 0 Å². The van der Waals surface area contributed by atoms with Crippen molar-refractivity contribution in [3.05, 3.63) is 0 Å². The van der Waals surface area contributed by atoms with Gasteiger partial charge in [0.05, 0.1) is 24.7 Å². The summed E-state index contributed by atoms with van der Waals surface area (Å²) in [6, 6.07) is -6.61. The molecule has 0 heterocycles. The number of nitrogens with two attached hydrogens (primary N) is 1. The van der Waals surface area contributed by atoms with Crippen molar-refractivity contribution in [2.24, 2.45) is 5.73 Å². The Morgan fingerprint density at radius 1 is 0.750 bits per heavy atom. The number of carbonyl (C=O) groups excluding carboxylic acids is 3. The highest BCUT2D eigenvalue weighted by atomic mass is 16.4. The van der Waals surface area contributed by atoms with Gasteiger partial charge in [-0.25, -0.2) is 4.79 Å². The Bertz CT molecular complexity index is 725. The summed E-state index contributed by atoms with van der Waals surface area (Å²) >= 11 is 0. The molecule has 3 amide bonds. The van der Waals surface area contributed by atoms with Crippen LogP contribution in [0.4, 0.5) is 0 Å². The monoisotopic (exact) mass is 464 g/mol. The van der Waals surface area contributed by atoms with Crippen molar-refractivity contribution < 1.29 is 54.3 Å². The maximum Gasteiger partial charge on any atom is 0.328 e. The van der Waals surface area contributed by atoms with Gasteiger partial charge < -0.3 is 47.2 Å². The van der Waals surface area contributed by atoms with E-state index in [1.807, 2.05) is 10.6 Å². The van der Waals surface area contributed by atoms with E-state index in [1.165, 1.54) is 0 Å². The van der Waals surface area contributed by atoms with E-state index in [4.69, 9.17) is 21.1 Å². The predicted octanol–water partition coefficient (Wildman–Crippen LogP) is -4.05. The van der Waals surface area contributed by atoms with Crippen LogP contribution < -0.4 is 21.7 Å². The molecule has 15 nitrogen and oxygen atoms in total. The van der Waals surface area contributed by atoms with Crippen LogP contribution in [-0.2, 0) is 28.8 Å². The number of aliphatic carboxylic acids is 3. The molecule has 0 aromatic rings. The Kier molecular flexibility index (Phi) is 11.8. The quantitative estimate of drug-likeness (QED) is 0.119. The Balaban J connectivity index is 5.50. The van der Waals surface area contributed by atoms with Crippen molar-refractivity contribution in [2.45, 2.75) is 69.5 Å². The zero-order valence-electron chi connectivity index (χ0n) is 17.3. The summed E-state index contributed by atoms with van der Waals surface area (Å²) < 4.78 is 0. The molecule has 0 radical (unpaired) electrons. The molecule has 0 saturated carbocycles. The van der Waals surface area contributed by atoms with E-state index >= 15 is 0 Å². The summed E-state index contributed by atoms with van der Waals surface area (Å²) in [5, 5.41) is 52.0. The van der Waals surface area contributed by atoms with Gasteiger partial charge in [0.15, 0.2) is 6.04 Å². The first-order valence-corrected chi connectivity index (χ1v) is 9.36. The molecule has 15 heteroatoms. The summed E-state index contributed by atoms with van der Waals surface area (Å²) in [4.78, 5) is 69.6. The smallest absolute Gasteiger partial charge is 0.328 e. The number of nitrogens with one attached hydrogen (secondary N) is 3. The van der Waals surface area contributed by atoms with Gasteiger partial charge in [-0.2, -0.15) is 0 Å². The number of hydrogen-bond acceptors (Lipinski definition) is 9. The minimum Gasteiger partial charge on any atom is -0.481 e. The highest BCUT2D eigenvalue weighted by molar-refractivity contribution is 5.95. The fraction of sp³-hybridized carbons (Fsp3) is 0.647. The molecule has 0 aromatic heterocycles. The molecule has 10 N–H and O–H groups in total. The summed E-state index contributed by atoms with van der Waals surface area (Å²) in [5.41, 5.74) is 5.39. The lowest BCUT2D eigenvalue weighted by Gasteiger charge is -2.26. The van der Waals surface area contributed by atoms with Crippen molar-refractivity contribution in [1.82, 2.24) is 16.0 Å². The van der Waals surface area contributed by atoms with Gasteiger partial charge in [0.1, 0.15) is 12.1 Å². The molecule has 0 aromatic carbocycles. The van der Waals surface area contributed by atoms with Gasteiger partial charge in [0.25, 0.3) is 0 Å². The van der Waals surface area contributed by atoms with E-state index in [1.54, 1.807) is 0 Å². The minimum absolute atomic E-state index is 0.488. The van der Waals surface area contributed by atoms with Gasteiger partial charge in [0, 0.05) is 6.42 Å². The SMILES string of the molecule is CC(O)C(NC(=O)C(CCC(=O)O)NC(=O)C(NC(=O)C(N)CC(=O)O)C(C)O)C(=O)O. The van der Waals surface area contributed by atoms with Crippen LogP contribution in [0.2, 0.25) is 0 Å². The van der Waals surface area contributed by atoms with Gasteiger partial charge in [-0.3, -0.25) is 24.0 Å². The molecular weight excluding hydrogens is 436 g/mol. The summed E-state index contributed by atoms with van der Waals surface area (Å²) in [6.07, 6.45) is -4.92. The third kappa shape index (κ3) is 10.1. The Morgan fingerprint density at radius 2 is 1.25 bits per heavy atom. The number of aliphatic hydroxyl groups excluding tert-OH is 2. The standard InChI is InChI=1S/C17H28N4O11/c1-6(22)12(20-14(28)8(18)5-11(26)27)16(30)19-9(3-4-10(24)25)15(29)21-13(7(2)23)17(31)32/h6-9,12-13,22-23H,3-5,18H2,1-2H3,(H,19,30)(H,20,28)(H,21,29)(H,24,25)(H,26,27)(H,31,32). The van der Waals surface area contributed by atoms with Gasteiger partial charge in [-0.05, 0) is 20.3 Å². The first-order chi connectivity index (χ1) is 14.7. The van der Waals surface area contributed by atoms with Crippen molar-refractivity contribution in [3.8, 4) is 0 Å². The zero-order valence-corrected chi connectivity index (χ0v) is 17.3. The number of amides is 3. The van der Waals surface area contributed by atoms with Crippen LogP contribution in [0.1, 0.15) is 33.1 Å². The van der Waals surface area contributed by atoms with Gasteiger partial charge in [-0.15, -0.1) is 0 Å². The van der Waals surface area contributed by atoms with Crippen LogP contribution in [-0.4, -0.2) is 97.5 Å². The fourth-order valence-corrected chi connectivity index (χ4v) is 2.39. The molecule has 0 saturated heterocycles. The van der Waals surface area contributed by atoms with E-state index in [0.29, 0.717) is 0 Å². The van der Waals surface area contributed by atoms with Gasteiger partial charge >= 0.3 is 17.9 Å².